The molecule has 1 N–H and O–H groups in total. The molecule has 0 amide bonds. The molecular formula is C14H29NO2S. The van der Waals surface area contributed by atoms with Crippen molar-refractivity contribution in [1.82, 2.24) is 5.32 Å². The molecule has 0 aromatic rings. The third-order valence-corrected chi connectivity index (χ3v) is 7.19. The lowest BCUT2D eigenvalue weighted by Gasteiger charge is -2.26. The fourth-order valence-electron chi connectivity index (χ4n) is 2.50. The number of rotatable bonds is 6. The van der Waals surface area contributed by atoms with Gasteiger partial charge in [0.1, 0.15) is 0 Å². The molecule has 0 spiro atoms. The van der Waals surface area contributed by atoms with Crippen LogP contribution in [0.25, 0.3) is 0 Å². The lowest BCUT2D eigenvalue weighted by molar-refractivity contribution is 0.373. The molecule has 3 nitrogen and oxygen atoms in total. The fourth-order valence-corrected chi connectivity index (χ4v) is 4.32. The molecule has 0 saturated heterocycles. The minimum absolute atomic E-state index is 0.187. The molecule has 2 unspecified atom stereocenters. The predicted molar refractivity (Wildman–Crippen MR) is 77.6 cm³/mol. The van der Waals surface area contributed by atoms with E-state index < -0.39 is 9.84 Å². The van der Waals surface area contributed by atoms with E-state index in [0.717, 1.165) is 0 Å². The fraction of sp³-hybridized carbons (Fsp3) is 1.00. The van der Waals surface area contributed by atoms with Gasteiger partial charge in [0.2, 0.25) is 0 Å². The van der Waals surface area contributed by atoms with Crippen molar-refractivity contribution in [3.8, 4) is 0 Å². The summed E-state index contributed by atoms with van der Waals surface area (Å²) in [5.74, 6) is 0.187. The summed E-state index contributed by atoms with van der Waals surface area (Å²) in [4.78, 5) is 0. The first-order valence-corrected chi connectivity index (χ1v) is 8.92. The van der Waals surface area contributed by atoms with Gasteiger partial charge in [0.15, 0.2) is 9.84 Å². The van der Waals surface area contributed by atoms with E-state index in [4.69, 9.17) is 0 Å². The average molecular weight is 275 g/mol. The highest BCUT2D eigenvalue weighted by Crippen LogP contribution is 2.19. The summed E-state index contributed by atoms with van der Waals surface area (Å²) in [5, 5.41) is 2.91. The molecule has 0 heterocycles. The van der Waals surface area contributed by atoms with Gasteiger partial charge in [-0.2, -0.15) is 0 Å². The van der Waals surface area contributed by atoms with Crippen LogP contribution in [0.5, 0.6) is 0 Å². The number of sulfone groups is 1. The molecule has 0 bridgehead atoms. The van der Waals surface area contributed by atoms with Gasteiger partial charge in [0.05, 0.1) is 10.5 Å². The maximum atomic E-state index is 12.3. The Morgan fingerprint density at radius 2 is 1.61 bits per heavy atom. The van der Waals surface area contributed by atoms with Gasteiger partial charge >= 0.3 is 0 Å². The largest absolute Gasteiger partial charge is 0.313 e. The van der Waals surface area contributed by atoms with Crippen LogP contribution in [0.2, 0.25) is 0 Å². The number of hydrogen-bond donors (Lipinski definition) is 1. The monoisotopic (exact) mass is 275 g/mol. The Bertz CT molecular complexity index is 332. The Kier molecular flexibility index (Phi) is 6.12. The second-order valence-electron chi connectivity index (χ2n) is 6.09. The Morgan fingerprint density at radius 1 is 1.06 bits per heavy atom. The van der Waals surface area contributed by atoms with E-state index in [0.29, 0.717) is 12.6 Å². The van der Waals surface area contributed by atoms with E-state index in [9.17, 15) is 8.42 Å². The summed E-state index contributed by atoms with van der Waals surface area (Å²) in [5.41, 5.74) is 0. The first kappa shape index (κ1) is 16.0. The molecule has 18 heavy (non-hydrogen) atoms. The van der Waals surface area contributed by atoms with E-state index >= 15 is 0 Å². The average Bonchev–Trinajstić information content (AvgIpc) is 2.35. The van der Waals surface area contributed by atoms with Crippen molar-refractivity contribution < 1.29 is 8.42 Å². The molecular weight excluding hydrogens is 246 g/mol. The van der Waals surface area contributed by atoms with E-state index in [-0.39, 0.29) is 16.4 Å². The molecule has 1 fully saturated rings. The summed E-state index contributed by atoms with van der Waals surface area (Å²) < 4.78 is 24.6. The Labute approximate surface area is 113 Å². The lowest BCUT2D eigenvalue weighted by Crippen LogP contribution is -2.42. The molecule has 0 aromatic carbocycles. The first-order valence-electron chi connectivity index (χ1n) is 7.31. The van der Waals surface area contributed by atoms with Crippen LogP contribution in [0.3, 0.4) is 0 Å². The second kappa shape index (κ2) is 6.90. The van der Waals surface area contributed by atoms with Crippen LogP contribution in [0.4, 0.5) is 0 Å². The van der Waals surface area contributed by atoms with Crippen LogP contribution in [-0.4, -0.2) is 31.5 Å². The minimum atomic E-state index is -3.00. The van der Waals surface area contributed by atoms with Crippen LogP contribution in [0.15, 0.2) is 0 Å². The third kappa shape index (κ3) is 4.23. The van der Waals surface area contributed by atoms with Gasteiger partial charge in [-0.25, -0.2) is 8.42 Å². The quantitative estimate of drug-likeness (QED) is 0.811. The van der Waals surface area contributed by atoms with Crippen LogP contribution >= 0.6 is 0 Å². The van der Waals surface area contributed by atoms with Gasteiger partial charge in [-0.1, -0.05) is 33.1 Å². The molecule has 0 aliphatic heterocycles. The normalized spacial score (nSPS) is 22.1. The standard InChI is InChI=1S/C14H29NO2S/c1-11(2)13(4)18(16,17)12(3)10-15-14-8-6-5-7-9-14/h11-15H,5-10H2,1-4H3. The summed E-state index contributed by atoms with van der Waals surface area (Å²) in [6, 6.07) is 0.533. The van der Waals surface area contributed by atoms with E-state index in [1.807, 2.05) is 27.7 Å². The summed E-state index contributed by atoms with van der Waals surface area (Å²) in [6.07, 6.45) is 6.29. The second-order valence-corrected chi connectivity index (χ2v) is 8.82. The zero-order valence-corrected chi connectivity index (χ0v) is 13.1. The van der Waals surface area contributed by atoms with Crippen molar-refractivity contribution >= 4 is 9.84 Å². The topological polar surface area (TPSA) is 46.2 Å². The Hall–Kier alpha value is -0.0900. The van der Waals surface area contributed by atoms with Gasteiger partial charge in [0.25, 0.3) is 0 Å². The van der Waals surface area contributed by atoms with Crippen molar-refractivity contribution in [2.75, 3.05) is 6.54 Å². The van der Waals surface area contributed by atoms with Gasteiger partial charge in [-0.3, -0.25) is 0 Å². The van der Waals surface area contributed by atoms with Gasteiger partial charge in [0, 0.05) is 12.6 Å². The number of hydrogen-bond acceptors (Lipinski definition) is 3. The molecule has 0 radical (unpaired) electrons. The molecule has 4 heteroatoms. The number of nitrogens with one attached hydrogen (secondary N) is 1. The van der Waals surface area contributed by atoms with Crippen molar-refractivity contribution in [2.24, 2.45) is 5.92 Å². The van der Waals surface area contributed by atoms with Crippen molar-refractivity contribution in [3.05, 3.63) is 0 Å². The highest BCUT2D eigenvalue weighted by molar-refractivity contribution is 7.92. The van der Waals surface area contributed by atoms with Crippen molar-refractivity contribution in [2.45, 2.75) is 76.3 Å². The minimum Gasteiger partial charge on any atom is -0.313 e. The van der Waals surface area contributed by atoms with E-state index in [1.54, 1.807) is 0 Å². The van der Waals surface area contributed by atoms with Gasteiger partial charge in [-0.15, -0.1) is 0 Å². The molecule has 1 saturated carbocycles. The highest BCUT2D eigenvalue weighted by atomic mass is 32.2. The maximum absolute atomic E-state index is 12.3. The SMILES string of the molecule is CC(C)C(C)S(=O)(=O)C(C)CNC1CCCCC1. The van der Waals surface area contributed by atoms with Crippen LogP contribution in [0, 0.1) is 5.92 Å². The van der Waals surface area contributed by atoms with Crippen LogP contribution in [-0.2, 0) is 9.84 Å². The van der Waals surface area contributed by atoms with Crippen LogP contribution in [0.1, 0.15) is 59.8 Å². The molecule has 1 rings (SSSR count). The van der Waals surface area contributed by atoms with E-state index in [2.05, 4.69) is 5.32 Å². The van der Waals surface area contributed by atoms with Crippen LogP contribution < -0.4 is 5.32 Å². The third-order valence-electron chi connectivity index (χ3n) is 4.32. The zero-order chi connectivity index (χ0) is 13.8. The maximum Gasteiger partial charge on any atom is 0.156 e. The molecule has 0 aromatic heterocycles. The molecule has 1 aliphatic rings. The lowest BCUT2D eigenvalue weighted by atomic mass is 9.95. The Balaban J connectivity index is 2.46. The summed E-state index contributed by atoms with van der Waals surface area (Å²) in [7, 11) is -3.00. The highest BCUT2D eigenvalue weighted by Gasteiger charge is 2.30. The van der Waals surface area contributed by atoms with Crippen molar-refractivity contribution in [1.29, 1.82) is 0 Å². The zero-order valence-electron chi connectivity index (χ0n) is 12.3. The first-order chi connectivity index (χ1) is 8.35. The van der Waals surface area contributed by atoms with Crippen molar-refractivity contribution in [3.63, 3.8) is 0 Å². The summed E-state index contributed by atoms with van der Waals surface area (Å²) >= 11 is 0. The van der Waals surface area contributed by atoms with E-state index in [1.165, 1.54) is 32.1 Å². The summed E-state index contributed by atoms with van der Waals surface area (Å²) in [6.45, 7) is 8.22. The smallest absolute Gasteiger partial charge is 0.156 e. The van der Waals surface area contributed by atoms with Gasteiger partial charge < -0.3 is 5.32 Å². The predicted octanol–water partition coefficient (Wildman–Crippen LogP) is 2.76. The Morgan fingerprint density at radius 3 is 2.11 bits per heavy atom. The van der Waals surface area contributed by atoms with Gasteiger partial charge in [-0.05, 0) is 32.6 Å². The molecule has 1 aliphatic carbocycles. The molecule has 2 atom stereocenters. The molecule has 108 valence electrons.